The molecule has 19 heavy (non-hydrogen) atoms. The number of likely N-dealkylation sites (N-methyl/N-ethyl adjacent to an activating group) is 1. The first-order chi connectivity index (χ1) is 8.81. The maximum Gasteiger partial charge on any atom is 0.253 e. The highest BCUT2D eigenvalue weighted by Crippen LogP contribution is 2.19. The van der Waals surface area contributed by atoms with Crippen LogP contribution in [-0.4, -0.2) is 37.5 Å². The van der Waals surface area contributed by atoms with Gasteiger partial charge in [-0.1, -0.05) is 25.4 Å². The number of nitrogens with one attached hydrogen (secondary N) is 1. The smallest absolute Gasteiger partial charge is 0.253 e. The molecule has 1 unspecified atom stereocenters. The Hall–Kier alpha value is -1.26. The fraction of sp³-hybridized carbons (Fsp3) is 0.500. The maximum absolute atomic E-state index is 12.2. The molecule has 4 nitrogen and oxygen atoms in total. The number of hydrogen-bond donors (Lipinski definition) is 2. The lowest BCUT2D eigenvalue weighted by Gasteiger charge is -2.25. The van der Waals surface area contributed by atoms with Crippen LogP contribution in [0.15, 0.2) is 18.2 Å². The average molecular weight is 284 g/mol. The monoisotopic (exact) mass is 283 g/mol. The summed E-state index contributed by atoms with van der Waals surface area (Å²) < 4.78 is 0. The highest BCUT2D eigenvalue weighted by Gasteiger charge is 2.19. The zero-order valence-corrected chi connectivity index (χ0v) is 12.7. The minimum absolute atomic E-state index is 0.0797. The standard InChI is InChI=1S/C14H22ClN3O/c1-9(2)13(8-18(3)4)17-14(19)11-6-5-10(16)7-12(11)15/h5-7,9,13H,8,16H2,1-4H3,(H,17,19). The molecule has 0 saturated heterocycles. The van der Waals surface area contributed by atoms with Crippen molar-refractivity contribution in [3.05, 3.63) is 28.8 Å². The van der Waals surface area contributed by atoms with Crippen molar-refractivity contribution in [3.8, 4) is 0 Å². The Bertz CT molecular complexity index is 446. The predicted molar refractivity (Wildman–Crippen MR) is 80.5 cm³/mol. The van der Waals surface area contributed by atoms with Gasteiger partial charge in [-0.05, 0) is 38.2 Å². The number of hydrogen-bond acceptors (Lipinski definition) is 3. The third kappa shape index (κ3) is 4.73. The van der Waals surface area contributed by atoms with E-state index < -0.39 is 0 Å². The van der Waals surface area contributed by atoms with E-state index in [2.05, 4.69) is 24.1 Å². The first kappa shape index (κ1) is 15.8. The van der Waals surface area contributed by atoms with Gasteiger partial charge in [-0.15, -0.1) is 0 Å². The molecule has 1 aromatic rings. The van der Waals surface area contributed by atoms with Crippen LogP contribution in [0.25, 0.3) is 0 Å². The van der Waals surface area contributed by atoms with Gasteiger partial charge in [0.25, 0.3) is 5.91 Å². The van der Waals surface area contributed by atoms with Crippen molar-refractivity contribution in [1.82, 2.24) is 10.2 Å². The molecule has 0 bridgehead atoms. The van der Waals surface area contributed by atoms with Crippen molar-refractivity contribution in [1.29, 1.82) is 0 Å². The summed E-state index contributed by atoms with van der Waals surface area (Å²) in [6.07, 6.45) is 0. The molecule has 5 heteroatoms. The van der Waals surface area contributed by atoms with Gasteiger partial charge in [0.1, 0.15) is 0 Å². The van der Waals surface area contributed by atoms with Crippen LogP contribution in [0.3, 0.4) is 0 Å². The van der Waals surface area contributed by atoms with Gasteiger partial charge < -0.3 is 16.0 Å². The van der Waals surface area contributed by atoms with Crippen LogP contribution in [0.4, 0.5) is 5.69 Å². The maximum atomic E-state index is 12.2. The number of nitrogens with two attached hydrogens (primary N) is 1. The van der Waals surface area contributed by atoms with Crippen LogP contribution in [0.2, 0.25) is 5.02 Å². The zero-order chi connectivity index (χ0) is 14.6. The molecule has 1 aromatic carbocycles. The Morgan fingerprint density at radius 1 is 1.42 bits per heavy atom. The Morgan fingerprint density at radius 3 is 2.53 bits per heavy atom. The number of amides is 1. The lowest BCUT2D eigenvalue weighted by atomic mass is 10.0. The van der Waals surface area contributed by atoms with Crippen molar-refractivity contribution < 1.29 is 4.79 Å². The molecule has 0 aliphatic heterocycles. The number of anilines is 1. The summed E-state index contributed by atoms with van der Waals surface area (Å²) in [5.41, 5.74) is 6.63. The van der Waals surface area contributed by atoms with Crippen LogP contribution >= 0.6 is 11.6 Å². The average Bonchev–Trinajstić information content (AvgIpc) is 2.26. The fourth-order valence-electron chi connectivity index (χ4n) is 1.78. The molecule has 1 amide bonds. The van der Waals surface area contributed by atoms with Gasteiger partial charge >= 0.3 is 0 Å². The molecule has 106 valence electrons. The van der Waals surface area contributed by atoms with E-state index >= 15 is 0 Å². The van der Waals surface area contributed by atoms with Gasteiger partial charge in [-0.2, -0.15) is 0 Å². The van der Waals surface area contributed by atoms with Gasteiger partial charge in [0.15, 0.2) is 0 Å². The highest BCUT2D eigenvalue weighted by molar-refractivity contribution is 6.34. The van der Waals surface area contributed by atoms with E-state index in [1.807, 2.05) is 14.1 Å². The number of nitrogens with zero attached hydrogens (tertiary/aromatic N) is 1. The summed E-state index contributed by atoms with van der Waals surface area (Å²) in [6.45, 7) is 4.95. The van der Waals surface area contributed by atoms with Crippen molar-refractivity contribution in [2.24, 2.45) is 5.92 Å². The minimum Gasteiger partial charge on any atom is -0.399 e. The molecule has 0 aromatic heterocycles. The van der Waals surface area contributed by atoms with E-state index in [9.17, 15) is 4.79 Å². The Balaban J connectivity index is 2.81. The second-order valence-corrected chi connectivity index (χ2v) is 5.73. The fourth-order valence-corrected chi connectivity index (χ4v) is 2.05. The summed E-state index contributed by atoms with van der Waals surface area (Å²) in [5, 5.41) is 3.40. The van der Waals surface area contributed by atoms with Gasteiger partial charge in [-0.25, -0.2) is 0 Å². The molecular weight excluding hydrogens is 262 g/mol. The van der Waals surface area contributed by atoms with E-state index in [0.717, 1.165) is 6.54 Å². The van der Waals surface area contributed by atoms with Crippen molar-refractivity contribution in [2.75, 3.05) is 26.4 Å². The van der Waals surface area contributed by atoms with Crippen molar-refractivity contribution in [2.45, 2.75) is 19.9 Å². The first-order valence-electron chi connectivity index (χ1n) is 6.32. The largest absolute Gasteiger partial charge is 0.399 e. The molecule has 0 radical (unpaired) electrons. The quantitative estimate of drug-likeness (QED) is 0.815. The second kappa shape index (κ2) is 6.78. The van der Waals surface area contributed by atoms with Crippen molar-refractivity contribution >= 4 is 23.2 Å². The van der Waals surface area contributed by atoms with Crippen LogP contribution in [0.1, 0.15) is 24.2 Å². The van der Waals surface area contributed by atoms with E-state index in [-0.39, 0.29) is 11.9 Å². The molecule has 0 fully saturated rings. The number of nitrogen functional groups attached to an aromatic ring is 1. The Kier molecular flexibility index (Phi) is 5.63. The number of carbonyl (C=O) groups is 1. The molecule has 0 aliphatic carbocycles. The van der Waals surface area contributed by atoms with Crippen molar-refractivity contribution in [3.63, 3.8) is 0 Å². The Labute approximate surface area is 119 Å². The molecule has 0 saturated carbocycles. The number of halogens is 1. The summed E-state index contributed by atoms with van der Waals surface area (Å²) in [4.78, 5) is 14.3. The second-order valence-electron chi connectivity index (χ2n) is 5.33. The molecule has 3 N–H and O–H groups in total. The molecule has 1 rings (SSSR count). The molecule has 0 spiro atoms. The van der Waals surface area contributed by atoms with Gasteiger partial charge in [0.05, 0.1) is 10.6 Å². The number of carbonyl (C=O) groups excluding carboxylic acids is 1. The number of rotatable bonds is 5. The van der Waals surface area contributed by atoms with Crippen LogP contribution < -0.4 is 11.1 Å². The Morgan fingerprint density at radius 2 is 2.05 bits per heavy atom. The van der Waals surface area contributed by atoms with Gasteiger partial charge in [0.2, 0.25) is 0 Å². The lowest BCUT2D eigenvalue weighted by molar-refractivity contribution is 0.0917. The highest BCUT2D eigenvalue weighted by atomic mass is 35.5. The zero-order valence-electron chi connectivity index (χ0n) is 11.9. The number of benzene rings is 1. The predicted octanol–water partition coefficient (Wildman–Crippen LogP) is 2.24. The SMILES string of the molecule is CC(C)C(CN(C)C)NC(=O)c1ccc(N)cc1Cl. The summed E-state index contributed by atoms with van der Waals surface area (Å²) in [5.74, 6) is 0.185. The third-order valence-corrected chi connectivity index (χ3v) is 3.23. The lowest BCUT2D eigenvalue weighted by Crippen LogP contribution is -2.45. The van der Waals surface area contributed by atoms with E-state index in [4.69, 9.17) is 17.3 Å². The van der Waals surface area contributed by atoms with Crippen LogP contribution in [-0.2, 0) is 0 Å². The van der Waals surface area contributed by atoms with Gasteiger partial charge in [-0.3, -0.25) is 4.79 Å². The minimum atomic E-state index is -0.162. The van der Waals surface area contributed by atoms with Crippen LogP contribution in [0.5, 0.6) is 0 Å². The summed E-state index contributed by atoms with van der Waals surface area (Å²) >= 11 is 6.04. The van der Waals surface area contributed by atoms with E-state index in [0.29, 0.717) is 22.2 Å². The van der Waals surface area contributed by atoms with Gasteiger partial charge in [0, 0.05) is 18.3 Å². The summed E-state index contributed by atoms with van der Waals surface area (Å²) in [6, 6.07) is 5.00. The van der Waals surface area contributed by atoms with Crippen LogP contribution in [0, 0.1) is 5.92 Å². The van der Waals surface area contributed by atoms with E-state index in [1.165, 1.54) is 0 Å². The van der Waals surface area contributed by atoms with E-state index in [1.54, 1.807) is 18.2 Å². The molecule has 1 atom stereocenters. The topological polar surface area (TPSA) is 58.4 Å². The normalized spacial score (nSPS) is 12.8. The molecular formula is C14H22ClN3O. The molecule has 0 heterocycles. The summed E-state index contributed by atoms with van der Waals surface area (Å²) in [7, 11) is 3.97. The third-order valence-electron chi connectivity index (χ3n) is 2.92. The first-order valence-corrected chi connectivity index (χ1v) is 6.69. The molecule has 0 aliphatic rings.